The van der Waals surface area contributed by atoms with Crippen molar-refractivity contribution in [2.24, 2.45) is 5.73 Å². The summed E-state index contributed by atoms with van der Waals surface area (Å²) in [5, 5.41) is 10.3. The van der Waals surface area contributed by atoms with Crippen molar-refractivity contribution in [1.29, 1.82) is 0 Å². The van der Waals surface area contributed by atoms with E-state index in [1.54, 1.807) is 0 Å². The van der Waals surface area contributed by atoms with Crippen LogP contribution >= 0.6 is 15.9 Å². The summed E-state index contributed by atoms with van der Waals surface area (Å²) in [5.41, 5.74) is 0.623. The third-order valence-corrected chi connectivity index (χ3v) is 3.71. The number of halogens is 5. The van der Waals surface area contributed by atoms with Crippen LogP contribution in [-0.2, 0) is 11.5 Å². The van der Waals surface area contributed by atoms with Crippen molar-refractivity contribution in [3.05, 3.63) is 63.9 Å². The molecule has 0 fully saturated rings. The number of aromatic nitrogens is 1. The molecule has 0 saturated carbocycles. The van der Waals surface area contributed by atoms with Gasteiger partial charge in [0.15, 0.2) is 5.60 Å². The standard InChI is InChI=1S/C14H11BrF4N2O.C2H6/c15-8-1-4-12(21-6-8)14(18,19)13(22,7-20)10-3-2-9(16)5-11(10)17;1-2/h1-6,22H,7,20H2;1-2H3. The second-order valence-electron chi connectivity index (χ2n) is 4.62. The van der Waals surface area contributed by atoms with E-state index in [-0.39, 0.29) is 0 Å². The number of benzene rings is 1. The molecule has 2 rings (SSSR count). The van der Waals surface area contributed by atoms with Gasteiger partial charge >= 0.3 is 5.92 Å². The maximum absolute atomic E-state index is 14.6. The Morgan fingerprint density at radius 1 is 1.17 bits per heavy atom. The number of nitrogens with two attached hydrogens (primary N) is 1. The smallest absolute Gasteiger partial charge is 0.323 e. The van der Waals surface area contributed by atoms with E-state index in [1.807, 2.05) is 13.8 Å². The predicted octanol–water partition coefficient (Wildman–Crippen LogP) is 4.09. The largest absolute Gasteiger partial charge is 0.377 e. The van der Waals surface area contributed by atoms with Gasteiger partial charge in [-0.05, 0) is 34.1 Å². The lowest BCUT2D eigenvalue weighted by Gasteiger charge is -2.35. The summed E-state index contributed by atoms with van der Waals surface area (Å²) in [6.45, 7) is 3.01. The Hall–Kier alpha value is -1.51. The average Bonchev–Trinajstić information content (AvgIpc) is 2.56. The second-order valence-corrected chi connectivity index (χ2v) is 5.54. The molecule has 0 aliphatic rings. The summed E-state index contributed by atoms with van der Waals surface area (Å²) >= 11 is 3.05. The summed E-state index contributed by atoms with van der Waals surface area (Å²) < 4.78 is 56.5. The molecule has 3 N–H and O–H groups in total. The van der Waals surface area contributed by atoms with Gasteiger partial charge in [-0.15, -0.1) is 0 Å². The molecule has 1 unspecified atom stereocenters. The molecule has 0 radical (unpaired) electrons. The van der Waals surface area contributed by atoms with Crippen LogP contribution in [0.5, 0.6) is 0 Å². The molecule has 1 heterocycles. The van der Waals surface area contributed by atoms with E-state index in [1.165, 1.54) is 6.07 Å². The van der Waals surface area contributed by atoms with Crippen LogP contribution in [0.1, 0.15) is 25.1 Å². The lowest BCUT2D eigenvalue weighted by Crippen LogP contribution is -2.50. The Balaban J connectivity index is 0.00000139. The van der Waals surface area contributed by atoms with E-state index in [0.717, 1.165) is 24.4 Å². The summed E-state index contributed by atoms with van der Waals surface area (Å²) in [5.74, 6) is -6.25. The molecule has 132 valence electrons. The fraction of sp³-hybridized carbons (Fsp3) is 0.312. The lowest BCUT2D eigenvalue weighted by molar-refractivity contribution is -0.193. The number of pyridine rings is 1. The maximum Gasteiger partial charge on any atom is 0.323 e. The van der Waals surface area contributed by atoms with E-state index in [4.69, 9.17) is 5.73 Å². The van der Waals surface area contributed by atoms with E-state index in [0.29, 0.717) is 10.5 Å². The number of nitrogens with zero attached hydrogens (tertiary/aromatic N) is 1. The van der Waals surface area contributed by atoms with Crippen LogP contribution in [0.25, 0.3) is 0 Å². The van der Waals surface area contributed by atoms with E-state index in [2.05, 4.69) is 20.9 Å². The average molecular weight is 409 g/mol. The molecule has 0 saturated heterocycles. The van der Waals surface area contributed by atoms with Gasteiger partial charge in [0.25, 0.3) is 0 Å². The zero-order chi connectivity index (χ0) is 18.5. The molecule has 24 heavy (non-hydrogen) atoms. The number of hydrogen-bond acceptors (Lipinski definition) is 3. The maximum atomic E-state index is 14.6. The highest BCUT2D eigenvalue weighted by Crippen LogP contribution is 2.45. The van der Waals surface area contributed by atoms with Gasteiger partial charge in [-0.1, -0.05) is 19.9 Å². The van der Waals surface area contributed by atoms with Crippen molar-refractivity contribution in [2.45, 2.75) is 25.4 Å². The van der Waals surface area contributed by atoms with Gasteiger partial charge in [0.2, 0.25) is 0 Å². The number of alkyl halides is 2. The monoisotopic (exact) mass is 408 g/mol. The number of rotatable bonds is 4. The Bertz CT molecular complexity index is 682. The van der Waals surface area contributed by atoms with Gasteiger partial charge in [0.05, 0.1) is 0 Å². The summed E-state index contributed by atoms with van der Waals surface area (Å²) in [6, 6.07) is 4.19. The summed E-state index contributed by atoms with van der Waals surface area (Å²) in [6.07, 6.45) is 1.11. The van der Waals surface area contributed by atoms with Gasteiger partial charge in [-0.2, -0.15) is 8.78 Å². The van der Waals surface area contributed by atoms with Crippen LogP contribution in [0.3, 0.4) is 0 Å². The molecular formula is C16H17BrF4N2O. The Kier molecular flexibility index (Phi) is 6.88. The first-order valence-electron chi connectivity index (χ1n) is 7.10. The van der Waals surface area contributed by atoms with Crippen LogP contribution in [0.2, 0.25) is 0 Å². The molecule has 0 aliphatic carbocycles. The molecule has 0 spiro atoms. The molecule has 0 aliphatic heterocycles. The SMILES string of the molecule is CC.NCC(O)(c1ccc(F)cc1F)C(F)(F)c1ccc(Br)cn1. The quantitative estimate of drug-likeness (QED) is 0.749. The summed E-state index contributed by atoms with van der Waals surface area (Å²) in [7, 11) is 0. The third kappa shape index (κ3) is 3.76. The topological polar surface area (TPSA) is 59.1 Å². The van der Waals surface area contributed by atoms with Crippen molar-refractivity contribution in [3.63, 3.8) is 0 Å². The van der Waals surface area contributed by atoms with Crippen LogP contribution in [0, 0.1) is 11.6 Å². The van der Waals surface area contributed by atoms with Gasteiger partial charge < -0.3 is 10.8 Å². The zero-order valence-electron chi connectivity index (χ0n) is 13.0. The first-order valence-corrected chi connectivity index (χ1v) is 7.89. The Morgan fingerprint density at radius 2 is 1.79 bits per heavy atom. The fourth-order valence-corrected chi connectivity index (χ4v) is 2.24. The lowest BCUT2D eigenvalue weighted by atomic mass is 9.85. The minimum absolute atomic E-state index is 0.404. The molecule has 8 heteroatoms. The van der Waals surface area contributed by atoms with E-state index in [9.17, 15) is 22.7 Å². The molecule has 1 aromatic carbocycles. The van der Waals surface area contributed by atoms with Crippen molar-refractivity contribution in [2.75, 3.05) is 6.54 Å². The Morgan fingerprint density at radius 3 is 2.25 bits per heavy atom. The first kappa shape index (κ1) is 20.5. The van der Waals surface area contributed by atoms with Gasteiger partial charge in [0.1, 0.15) is 17.3 Å². The number of hydrogen-bond donors (Lipinski definition) is 2. The van der Waals surface area contributed by atoms with Gasteiger partial charge in [-0.3, -0.25) is 4.98 Å². The van der Waals surface area contributed by atoms with Crippen molar-refractivity contribution < 1.29 is 22.7 Å². The van der Waals surface area contributed by atoms with Crippen molar-refractivity contribution in [1.82, 2.24) is 4.98 Å². The second kappa shape index (κ2) is 8.04. The minimum atomic E-state index is -3.99. The Labute approximate surface area is 145 Å². The fourth-order valence-electron chi connectivity index (χ4n) is 2.01. The van der Waals surface area contributed by atoms with Crippen molar-refractivity contribution >= 4 is 15.9 Å². The molecular weight excluding hydrogens is 392 g/mol. The minimum Gasteiger partial charge on any atom is -0.377 e. The third-order valence-electron chi connectivity index (χ3n) is 3.24. The predicted molar refractivity (Wildman–Crippen MR) is 86.5 cm³/mol. The van der Waals surface area contributed by atoms with Crippen LogP contribution in [-0.4, -0.2) is 16.6 Å². The first-order chi connectivity index (χ1) is 11.2. The molecule has 2 aromatic rings. The van der Waals surface area contributed by atoms with Crippen molar-refractivity contribution in [3.8, 4) is 0 Å². The molecule has 1 atom stereocenters. The normalized spacial score (nSPS) is 13.7. The molecule has 3 nitrogen and oxygen atoms in total. The highest BCUT2D eigenvalue weighted by atomic mass is 79.9. The van der Waals surface area contributed by atoms with E-state index < -0.39 is 41.0 Å². The summed E-state index contributed by atoms with van der Waals surface area (Å²) in [4.78, 5) is 3.53. The highest BCUT2D eigenvalue weighted by molar-refractivity contribution is 9.10. The molecule has 0 amide bonds. The zero-order valence-corrected chi connectivity index (χ0v) is 14.6. The molecule has 0 bridgehead atoms. The molecule has 1 aromatic heterocycles. The highest BCUT2D eigenvalue weighted by Gasteiger charge is 2.56. The van der Waals surface area contributed by atoms with Crippen LogP contribution < -0.4 is 5.73 Å². The van der Waals surface area contributed by atoms with Gasteiger partial charge in [-0.25, -0.2) is 8.78 Å². The van der Waals surface area contributed by atoms with Crippen LogP contribution in [0.15, 0.2) is 41.0 Å². The van der Waals surface area contributed by atoms with Gasteiger partial charge in [0, 0.05) is 28.8 Å². The number of aliphatic hydroxyl groups is 1. The van der Waals surface area contributed by atoms with E-state index >= 15 is 0 Å². The van der Waals surface area contributed by atoms with Crippen LogP contribution in [0.4, 0.5) is 17.6 Å².